The Hall–Kier alpha value is -5.20. The maximum atomic E-state index is 15.1. The topological polar surface area (TPSA) is 52.1 Å². The van der Waals surface area contributed by atoms with Crippen LogP contribution in [0.1, 0.15) is 63.0 Å². The molecule has 62 heavy (non-hydrogen) atoms. The third-order valence-electron chi connectivity index (χ3n) is 13.3. The fourth-order valence-corrected chi connectivity index (χ4v) is 11.9. The zero-order valence-corrected chi connectivity index (χ0v) is 39.4. The zero-order valence-electron chi connectivity index (χ0n) is 36.0. The normalized spacial score (nSPS) is 17.4. The average molecular weight is 1010 g/mol. The minimum atomic E-state index is -1.44. The molecule has 0 aliphatic heterocycles. The molecule has 4 nitrogen and oxygen atoms in total. The summed E-state index contributed by atoms with van der Waals surface area (Å²) < 4.78 is 27.5. The summed E-state index contributed by atoms with van der Waals surface area (Å²) in [6.45, 7) is 11.6. The van der Waals surface area contributed by atoms with Crippen LogP contribution in [0.5, 0.6) is 0 Å². The van der Waals surface area contributed by atoms with E-state index in [4.69, 9.17) is 13.8 Å². The molecule has 9 aromatic rings. The first kappa shape index (κ1) is 42.1. The molecule has 1 atom stereocenters. The predicted octanol–water partition coefficient (Wildman–Crippen LogP) is 14.7. The van der Waals surface area contributed by atoms with Gasteiger partial charge in [0.2, 0.25) is 0 Å². The average Bonchev–Trinajstić information content (AvgIpc) is 3.86. The molecule has 0 spiro atoms. The minimum Gasteiger partial charge on any atom is -0.501 e. The van der Waals surface area contributed by atoms with Crippen LogP contribution in [0.2, 0.25) is 19.6 Å². The van der Waals surface area contributed by atoms with Crippen LogP contribution in [0.3, 0.4) is 0 Å². The van der Waals surface area contributed by atoms with Gasteiger partial charge in [0, 0.05) is 49.1 Å². The van der Waals surface area contributed by atoms with E-state index in [-0.39, 0.29) is 25.9 Å². The van der Waals surface area contributed by atoms with Crippen LogP contribution in [0.25, 0.3) is 77.5 Å². The Morgan fingerprint density at radius 3 is 2.21 bits per heavy atom. The Morgan fingerprint density at radius 2 is 1.45 bits per heavy atom. The Balaban J connectivity index is 0.000000163. The Kier molecular flexibility index (Phi) is 11.7. The minimum absolute atomic E-state index is 0. The van der Waals surface area contributed by atoms with Crippen LogP contribution in [-0.4, -0.2) is 18.0 Å². The van der Waals surface area contributed by atoms with E-state index in [0.717, 1.165) is 85.1 Å². The zero-order chi connectivity index (χ0) is 41.8. The van der Waals surface area contributed by atoms with Crippen LogP contribution in [0, 0.1) is 35.7 Å². The first-order valence-corrected chi connectivity index (χ1v) is 25.5. The van der Waals surface area contributed by atoms with Crippen molar-refractivity contribution in [3.63, 3.8) is 0 Å². The maximum absolute atomic E-state index is 15.1. The van der Waals surface area contributed by atoms with Gasteiger partial charge in [-0.05, 0) is 107 Å². The van der Waals surface area contributed by atoms with Crippen molar-refractivity contribution in [2.75, 3.05) is 0 Å². The molecule has 12 rings (SSSR count). The number of furan rings is 2. The quantitative estimate of drug-likeness (QED) is 0.118. The number of rotatable bonds is 7. The van der Waals surface area contributed by atoms with Crippen molar-refractivity contribution in [2.24, 2.45) is 17.8 Å². The van der Waals surface area contributed by atoms with Gasteiger partial charge in [-0.3, -0.25) is 4.39 Å². The van der Waals surface area contributed by atoms with Crippen molar-refractivity contribution in [1.82, 2.24) is 9.97 Å². The molecule has 2 bridgehead atoms. The Bertz CT molecular complexity index is 3050. The molecule has 3 saturated carbocycles. The summed E-state index contributed by atoms with van der Waals surface area (Å²) in [5, 5.41) is 4.98. The van der Waals surface area contributed by atoms with Gasteiger partial charge < -0.3 is 18.8 Å². The molecule has 5 aromatic carbocycles. The van der Waals surface area contributed by atoms with Gasteiger partial charge in [-0.2, -0.15) is 0 Å². The second-order valence-electron chi connectivity index (χ2n) is 18.7. The summed E-state index contributed by atoms with van der Waals surface area (Å²) in [6, 6.07) is 42.8. The molecule has 0 saturated heterocycles. The van der Waals surface area contributed by atoms with Crippen molar-refractivity contribution in [3.8, 4) is 33.6 Å². The number of halogens is 1. The molecule has 7 heteroatoms. The fraction of sp³-hybridized carbons (Fsp3) is 0.273. The first-order valence-electron chi connectivity index (χ1n) is 22.0. The van der Waals surface area contributed by atoms with Crippen molar-refractivity contribution in [3.05, 3.63) is 151 Å². The summed E-state index contributed by atoms with van der Waals surface area (Å²) >= 11 is 0. The summed E-state index contributed by atoms with van der Waals surface area (Å²) in [4.78, 5) is 9.47. The van der Waals surface area contributed by atoms with Crippen LogP contribution in [-0.2, 0) is 26.5 Å². The van der Waals surface area contributed by atoms with E-state index in [0.29, 0.717) is 22.5 Å². The van der Waals surface area contributed by atoms with E-state index < -0.39 is 8.07 Å². The molecule has 3 fully saturated rings. The summed E-state index contributed by atoms with van der Waals surface area (Å²) in [6.07, 6.45) is 12.1. The molecule has 0 N–H and O–H groups in total. The van der Waals surface area contributed by atoms with Gasteiger partial charge in [0.15, 0.2) is 0 Å². The second kappa shape index (κ2) is 17.2. The predicted molar refractivity (Wildman–Crippen MR) is 251 cm³/mol. The number of aromatic nitrogens is 2. The first-order chi connectivity index (χ1) is 29.6. The third kappa shape index (κ3) is 8.00. The van der Waals surface area contributed by atoms with E-state index in [1.54, 1.807) is 0 Å². The summed E-state index contributed by atoms with van der Waals surface area (Å²) in [5.41, 5.74) is 11.2. The summed E-state index contributed by atoms with van der Waals surface area (Å²) in [7, 11) is -1.44. The molecule has 0 amide bonds. The number of nitrogens with zero attached hydrogens (tertiary/aromatic N) is 2. The number of para-hydroxylation sites is 1. The number of pyridine rings is 2. The molecule has 3 aliphatic rings. The van der Waals surface area contributed by atoms with Gasteiger partial charge in [0.1, 0.15) is 11.2 Å². The number of hydrogen-bond donors (Lipinski definition) is 0. The van der Waals surface area contributed by atoms with Gasteiger partial charge in [0.05, 0.1) is 19.2 Å². The van der Waals surface area contributed by atoms with Crippen LogP contribution >= 0.6 is 0 Å². The molecule has 1 unspecified atom stereocenters. The smallest absolute Gasteiger partial charge is 0.121 e. The van der Waals surface area contributed by atoms with Crippen LogP contribution in [0.15, 0.2) is 130 Å². The van der Waals surface area contributed by atoms with E-state index in [9.17, 15) is 0 Å². The van der Waals surface area contributed by atoms with E-state index in [2.05, 4.69) is 99.3 Å². The number of hydrogen-bond acceptors (Lipinski definition) is 4. The molecular formula is C55H51FIrN2O2Si-2. The Morgan fingerprint density at radius 1 is 0.726 bits per heavy atom. The standard InChI is InChI=1S/C32H27FNO.C23H24NOSi.Ir/c33-28-12-11-26(29-18-21(14-15-34-29)17-25-16-20-6-8-23(25)9-7-20)32-31(28)27-19-24(10-13-30(27)35-32)22-4-2-1-3-5-22;1-15(2)19-13-20(24-14-22(19)26(3,4)5)18-11-8-10-17-16-9-6-7-12-21(16)25-23(17)18;/h1-5,10,12-15,18-20,23,25H,6-9,16-17H2;6-10,12-15H,1-5H3;/q2*-1;. The molecule has 315 valence electrons. The van der Waals surface area contributed by atoms with Gasteiger partial charge >= 0.3 is 0 Å². The number of benzene rings is 5. The van der Waals surface area contributed by atoms with E-state index in [1.165, 1.54) is 54.5 Å². The molecule has 1 radical (unpaired) electrons. The van der Waals surface area contributed by atoms with E-state index in [1.807, 2.05) is 66.9 Å². The van der Waals surface area contributed by atoms with Crippen molar-refractivity contribution < 1.29 is 33.3 Å². The molecule has 4 heterocycles. The fourth-order valence-electron chi connectivity index (χ4n) is 10.2. The molecule has 4 aromatic heterocycles. The van der Waals surface area contributed by atoms with Gasteiger partial charge in [-0.1, -0.05) is 141 Å². The molecule has 3 aliphatic carbocycles. The molecular weight excluding hydrogens is 960 g/mol. The SMILES string of the molecule is CC(C)c1cc(-c2[c-]ccc3c2oc2ccccc23)ncc1[Si](C)(C)C.Fc1c[c-]c(-c2cc(CC3CC4CCC3CC4)ccn2)c2oc3ccc(-c4ccccc4)cc3c12.[Ir]. The monoisotopic (exact) mass is 1010 g/mol. The van der Waals surface area contributed by atoms with Crippen molar-refractivity contribution in [1.29, 1.82) is 0 Å². The van der Waals surface area contributed by atoms with Crippen molar-refractivity contribution in [2.45, 2.75) is 77.9 Å². The van der Waals surface area contributed by atoms with Crippen molar-refractivity contribution >= 4 is 57.1 Å². The van der Waals surface area contributed by atoms with Crippen LogP contribution in [0.4, 0.5) is 4.39 Å². The van der Waals surface area contributed by atoms with E-state index >= 15 is 4.39 Å². The summed E-state index contributed by atoms with van der Waals surface area (Å²) in [5.74, 6) is 2.72. The van der Waals surface area contributed by atoms with Crippen LogP contribution < -0.4 is 5.19 Å². The number of fused-ring (bicyclic) bond motifs is 9. The van der Waals surface area contributed by atoms with Gasteiger partial charge in [0.25, 0.3) is 0 Å². The van der Waals surface area contributed by atoms with Gasteiger partial charge in [-0.25, -0.2) is 0 Å². The van der Waals surface area contributed by atoms with Gasteiger partial charge in [-0.15, -0.1) is 30.3 Å². The Labute approximate surface area is 378 Å². The third-order valence-corrected chi connectivity index (χ3v) is 15.4. The second-order valence-corrected chi connectivity index (χ2v) is 23.7. The largest absolute Gasteiger partial charge is 0.501 e. The maximum Gasteiger partial charge on any atom is 0.121 e.